The summed E-state index contributed by atoms with van der Waals surface area (Å²) in [6.45, 7) is 8.72. The number of carbonyl (C=O) groups is 1. The number of hydrogen-bond donors (Lipinski definition) is 2. The van der Waals surface area contributed by atoms with Gasteiger partial charge >= 0.3 is 0 Å². The molecule has 0 spiro atoms. The van der Waals surface area contributed by atoms with E-state index in [4.69, 9.17) is 0 Å². The van der Waals surface area contributed by atoms with Crippen molar-refractivity contribution in [2.45, 2.75) is 26.3 Å². The number of amides is 1. The average molecular weight is 304 g/mol. The predicted octanol–water partition coefficient (Wildman–Crippen LogP) is 3.55. The molecule has 1 heterocycles. The third-order valence-electron chi connectivity index (χ3n) is 3.54. The molecule has 1 amide bonds. The molecule has 0 radical (unpaired) electrons. The van der Waals surface area contributed by atoms with Crippen molar-refractivity contribution in [1.29, 1.82) is 0 Å². The van der Waals surface area contributed by atoms with E-state index in [1.807, 2.05) is 36.0 Å². The zero-order chi connectivity index (χ0) is 15.3. The first-order valence-corrected chi connectivity index (χ1v) is 8.49. The number of rotatable bonds is 5. The van der Waals surface area contributed by atoms with Crippen molar-refractivity contribution in [3.8, 4) is 0 Å². The highest BCUT2D eigenvalue weighted by atomic mass is 32.2. The summed E-state index contributed by atoms with van der Waals surface area (Å²) >= 11 is 2.01. The lowest BCUT2D eigenvalue weighted by Crippen LogP contribution is -2.35. The monoisotopic (exact) mass is 304 g/mol. The fourth-order valence-electron chi connectivity index (χ4n) is 2.58. The van der Waals surface area contributed by atoms with Crippen molar-refractivity contribution in [1.82, 2.24) is 5.32 Å². The van der Waals surface area contributed by atoms with E-state index >= 15 is 0 Å². The highest BCUT2D eigenvalue weighted by Crippen LogP contribution is 2.34. The second kappa shape index (κ2) is 7.03. The molecule has 4 heteroatoms. The predicted molar refractivity (Wildman–Crippen MR) is 92.1 cm³/mol. The molecule has 1 aromatic rings. The molecule has 1 saturated heterocycles. The second-order valence-corrected chi connectivity index (χ2v) is 7.33. The molecule has 0 aliphatic carbocycles. The van der Waals surface area contributed by atoms with Crippen LogP contribution >= 0.6 is 11.8 Å². The summed E-state index contributed by atoms with van der Waals surface area (Å²) in [5, 5.41) is 6.36. The molecule has 3 nitrogen and oxygen atoms in total. The van der Waals surface area contributed by atoms with Gasteiger partial charge in [-0.2, -0.15) is 11.8 Å². The van der Waals surface area contributed by atoms with Crippen molar-refractivity contribution >= 4 is 23.4 Å². The first-order valence-electron chi connectivity index (χ1n) is 7.34. The van der Waals surface area contributed by atoms with Gasteiger partial charge in [-0.1, -0.05) is 19.9 Å². The number of thioether (sulfide) groups is 1. The van der Waals surface area contributed by atoms with Crippen molar-refractivity contribution in [3.05, 3.63) is 42.5 Å². The van der Waals surface area contributed by atoms with Crippen LogP contribution in [-0.2, 0) is 0 Å². The molecule has 1 aliphatic rings. The molecule has 1 fully saturated rings. The number of nitrogens with one attached hydrogen (secondary N) is 2. The Morgan fingerprint density at radius 3 is 2.76 bits per heavy atom. The topological polar surface area (TPSA) is 41.1 Å². The van der Waals surface area contributed by atoms with Crippen molar-refractivity contribution < 1.29 is 4.79 Å². The zero-order valence-electron chi connectivity index (χ0n) is 12.8. The molecule has 1 aromatic carbocycles. The minimum atomic E-state index is -0.0594. The van der Waals surface area contributed by atoms with Crippen molar-refractivity contribution in [2.24, 2.45) is 5.41 Å². The van der Waals surface area contributed by atoms with Crippen LogP contribution in [0.3, 0.4) is 0 Å². The van der Waals surface area contributed by atoms with E-state index in [-0.39, 0.29) is 5.91 Å². The van der Waals surface area contributed by atoms with E-state index in [2.05, 4.69) is 31.1 Å². The van der Waals surface area contributed by atoms with Crippen LogP contribution in [0, 0.1) is 5.41 Å². The van der Waals surface area contributed by atoms with Crippen LogP contribution in [0.4, 0.5) is 5.69 Å². The molecule has 1 atom stereocenters. The zero-order valence-corrected chi connectivity index (χ0v) is 13.6. The largest absolute Gasteiger partial charge is 0.381 e. The summed E-state index contributed by atoms with van der Waals surface area (Å²) in [4.78, 5) is 11.8. The lowest BCUT2D eigenvalue weighted by atomic mass is 9.88. The van der Waals surface area contributed by atoms with Gasteiger partial charge in [0, 0.05) is 29.6 Å². The normalized spacial score (nSPS) is 20.6. The van der Waals surface area contributed by atoms with E-state index in [9.17, 15) is 4.79 Å². The van der Waals surface area contributed by atoms with Crippen molar-refractivity contribution in [3.63, 3.8) is 0 Å². The van der Waals surface area contributed by atoms with Gasteiger partial charge in [-0.25, -0.2) is 0 Å². The van der Waals surface area contributed by atoms with Gasteiger partial charge in [0.1, 0.15) is 0 Å². The van der Waals surface area contributed by atoms with Gasteiger partial charge in [0.2, 0.25) is 0 Å². The Kier molecular flexibility index (Phi) is 5.34. The van der Waals surface area contributed by atoms with E-state index in [1.165, 1.54) is 12.2 Å². The SMILES string of the molecule is C=CCNC(=O)c1ccc(NC2CSCC(C)(C)C2)cc1. The summed E-state index contributed by atoms with van der Waals surface area (Å²) < 4.78 is 0. The van der Waals surface area contributed by atoms with Gasteiger partial charge in [-0.3, -0.25) is 4.79 Å². The summed E-state index contributed by atoms with van der Waals surface area (Å²) in [6.07, 6.45) is 2.86. The fourth-order valence-corrected chi connectivity index (χ4v) is 3.85. The second-order valence-electron chi connectivity index (χ2n) is 6.30. The molecule has 1 aliphatic heterocycles. The molecule has 2 N–H and O–H groups in total. The van der Waals surface area contributed by atoms with Gasteiger partial charge in [0.25, 0.3) is 5.91 Å². The minimum absolute atomic E-state index is 0.0594. The number of hydrogen-bond acceptors (Lipinski definition) is 3. The maximum atomic E-state index is 11.8. The molecule has 0 aromatic heterocycles. The third kappa shape index (κ3) is 4.81. The van der Waals surface area contributed by atoms with Gasteiger partial charge < -0.3 is 10.6 Å². The van der Waals surface area contributed by atoms with Gasteiger partial charge in [0.15, 0.2) is 0 Å². The van der Waals surface area contributed by atoms with Crippen LogP contribution < -0.4 is 10.6 Å². The Morgan fingerprint density at radius 1 is 1.43 bits per heavy atom. The van der Waals surface area contributed by atoms with Crippen LogP contribution in [0.5, 0.6) is 0 Å². The minimum Gasteiger partial charge on any atom is -0.381 e. The van der Waals surface area contributed by atoms with E-state index in [1.54, 1.807) is 6.08 Å². The van der Waals surface area contributed by atoms with Gasteiger partial charge in [0.05, 0.1) is 0 Å². The lowest BCUT2D eigenvalue weighted by molar-refractivity contribution is 0.0958. The maximum absolute atomic E-state index is 11.8. The quantitative estimate of drug-likeness (QED) is 0.818. The first kappa shape index (κ1) is 16.0. The van der Waals surface area contributed by atoms with Crippen molar-refractivity contribution in [2.75, 3.05) is 23.4 Å². The average Bonchev–Trinajstić information content (AvgIpc) is 2.44. The number of benzene rings is 1. The van der Waals surface area contributed by atoms with E-state index in [0.29, 0.717) is 23.6 Å². The Morgan fingerprint density at radius 2 is 2.14 bits per heavy atom. The third-order valence-corrected chi connectivity index (χ3v) is 5.16. The Hall–Kier alpha value is -1.42. The van der Waals surface area contributed by atoms with Crippen LogP contribution in [0.2, 0.25) is 0 Å². The summed E-state index contributed by atoms with van der Waals surface area (Å²) in [7, 11) is 0. The van der Waals surface area contributed by atoms with Crippen LogP contribution in [0.1, 0.15) is 30.6 Å². The van der Waals surface area contributed by atoms with E-state index < -0.39 is 0 Å². The first-order chi connectivity index (χ1) is 10.00. The van der Waals surface area contributed by atoms with Gasteiger partial charge in [-0.05, 0) is 41.9 Å². The summed E-state index contributed by atoms with van der Waals surface area (Å²) in [5.41, 5.74) is 2.16. The summed E-state index contributed by atoms with van der Waals surface area (Å²) in [5.74, 6) is 2.31. The molecule has 0 bridgehead atoms. The lowest BCUT2D eigenvalue weighted by Gasteiger charge is -2.35. The van der Waals surface area contributed by atoms with Crippen LogP contribution in [0.25, 0.3) is 0 Å². The summed E-state index contributed by atoms with van der Waals surface area (Å²) in [6, 6.07) is 8.19. The molecule has 2 rings (SSSR count). The van der Waals surface area contributed by atoms with Crippen LogP contribution in [0.15, 0.2) is 36.9 Å². The highest BCUT2D eigenvalue weighted by Gasteiger charge is 2.28. The molecule has 0 saturated carbocycles. The smallest absolute Gasteiger partial charge is 0.251 e. The standard InChI is InChI=1S/C17H24N2OS/c1-4-9-18-16(20)13-5-7-14(8-6-13)19-15-10-17(2,3)12-21-11-15/h4-8,15,19H,1,9-12H2,2-3H3,(H,18,20). The molecule has 21 heavy (non-hydrogen) atoms. The Bertz CT molecular complexity index is 496. The number of anilines is 1. The van der Waals surface area contributed by atoms with Crippen LogP contribution in [-0.4, -0.2) is 30.0 Å². The van der Waals surface area contributed by atoms with Gasteiger partial charge in [-0.15, -0.1) is 6.58 Å². The number of carbonyl (C=O) groups excluding carboxylic acids is 1. The molecular weight excluding hydrogens is 280 g/mol. The molecule has 114 valence electrons. The Balaban J connectivity index is 1.93. The maximum Gasteiger partial charge on any atom is 0.251 e. The Labute approximate surface area is 131 Å². The molecular formula is C17H24N2OS. The van der Waals surface area contributed by atoms with E-state index in [0.717, 1.165) is 11.4 Å². The molecule has 1 unspecified atom stereocenters. The highest BCUT2D eigenvalue weighted by molar-refractivity contribution is 7.99. The fraction of sp³-hybridized carbons (Fsp3) is 0.471.